The fraction of sp³-hybridized carbons (Fsp3) is 0.444. The largest absolute Gasteiger partial charge is 0.494 e. The van der Waals surface area contributed by atoms with E-state index in [0.717, 1.165) is 0 Å². The highest BCUT2D eigenvalue weighted by molar-refractivity contribution is 5.89. The minimum Gasteiger partial charge on any atom is -0.494 e. The molecule has 2 aromatic rings. The monoisotopic (exact) mass is 408 g/mol. The van der Waals surface area contributed by atoms with Crippen LogP contribution < -0.4 is 0 Å². The van der Waals surface area contributed by atoms with Crippen molar-refractivity contribution in [2.45, 2.75) is 72.3 Å². The Morgan fingerprint density at radius 2 is 1.43 bits per heavy atom. The molecule has 0 bridgehead atoms. The average molecular weight is 409 g/mol. The smallest absolute Gasteiger partial charge is 0.338 e. The molecule has 0 aliphatic heterocycles. The number of ether oxygens (including phenoxy) is 2. The minimum atomic E-state index is -0.332. The predicted molar refractivity (Wildman–Crippen MR) is 124 cm³/mol. The fourth-order valence-electron chi connectivity index (χ4n) is 3.54. The lowest BCUT2D eigenvalue weighted by Crippen LogP contribution is -2.10. The summed E-state index contributed by atoms with van der Waals surface area (Å²) in [6, 6.07) is 13.7. The Morgan fingerprint density at radius 1 is 0.867 bits per heavy atom. The van der Waals surface area contributed by atoms with E-state index in [1.165, 1.54) is 22.3 Å². The van der Waals surface area contributed by atoms with Gasteiger partial charge in [0, 0.05) is 0 Å². The Bertz CT molecular complexity index is 819. The van der Waals surface area contributed by atoms with Gasteiger partial charge in [0.1, 0.15) is 12.7 Å². The third-order valence-corrected chi connectivity index (χ3v) is 5.28. The van der Waals surface area contributed by atoms with Gasteiger partial charge in [-0.25, -0.2) is 4.79 Å². The lowest BCUT2D eigenvalue weighted by molar-refractivity contribution is 0.0545. The van der Waals surface area contributed by atoms with Gasteiger partial charge in [0.2, 0.25) is 0 Å². The van der Waals surface area contributed by atoms with Crippen molar-refractivity contribution in [3.05, 3.63) is 82.6 Å². The molecular weight excluding hydrogens is 372 g/mol. The van der Waals surface area contributed by atoms with Crippen molar-refractivity contribution in [3.63, 3.8) is 0 Å². The van der Waals surface area contributed by atoms with Crippen LogP contribution in [0, 0.1) is 0 Å². The van der Waals surface area contributed by atoms with Crippen LogP contribution in [0.1, 0.15) is 105 Å². The second-order valence-corrected chi connectivity index (χ2v) is 8.69. The molecule has 162 valence electrons. The van der Waals surface area contributed by atoms with Gasteiger partial charge in [-0.05, 0) is 65.1 Å². The first-order chi connectivity index (χ1) is 14.2. The Kier molecular flexibility index (Phi) is 8.71. The second-order valence-electron chi connectivity index (χ2n) is 8.69. The molecule has 0 aliphatic carbocycles. The van der Waals surface area contributed by atoms with Gasteiger partial charge >= 0.3 is 5.97 Å². The molecule has 0 aromatic heterocycles. The summed E-state index contributed by atoms with van der Waals surface area (Å²) >= 11 is 0. The Hall–Kier alpha value is -2.55. The molecule has 0 aliphatic rings. The number of esters is 1. The summed E-state index contributed by atoms with van der Waals surface area (Å²) < 4.78 is 11.3. The number of carbonyl (C=O) groups excluding carboxylic acids is 1. The molecule has 0 amide bonds. The summed E-state index contributed by atoms with van der Waals surface area (Å²) in [4.78, 5) is 12.0. The van der Waals surface area contributed by atoms with Gasteiger partial charge in [-0.15, -0.1) is 0 Å². The fourth-order valence-corrected chi connectivity index (χ4v) is 3.54. The van der Waals surface area contributed by atoms with Gasteiger partial charge in [-0.1, -0.05) is 71.9 Å². The summed E-state index contributed by atoms with van der Waals surface area (Å²) in [5.74, 6) is 0.988. The number of hydrogen-bond acceptors (Lipinski definition) is 3. The molecular formula is C27H36O3. The maximum atomic E-state index is 12.0. The highest BCUT2D eigenvalue weighted by Gasteiger charge is 2.21. The first-order valence-electron chi connectivity index (χ1n) is 10.9. The van der Waals surface area contributed by atoms with Crippen LogP contribution in [0.2, 0.25) is 0 Å². The van der Waals surface area contributed by atoms with E-state index in [1.807, 2.05) is 18.2 Å². The van der Waals surface area contributed by atoms with E-state index in [0.29, 0.717) is 23.3 Å². The maximum Gasteiger partial charge on any atom is 0.338 e. The zero-order valence-electron chi connectivity index (χ0n) is 19.4. The van der Waals surface area contributed by atoms with Crippen molar-refractivity contribution < 1.29 is 14.3 Å². The topological polar surface area (TPSA) is 35.5 Å². The number of hydrogen-bond donors (Lipinski definition) is 0. The predicted octanol–water partition coefficient (Wildman–Crippen LogP) is 7.51. The molecule has 0 fully saturated rings. The molecule has 0 heterocycles. The summed E-state index contributed by atoms with van der Waals surface area (Å²) in [5, 5.41) is 0. The zero-order valence-corrected chi connectivity index (χ0v) is 19.4. The van der Waals surface area contributed by atoms with E-state index < -0.39 is 0 Å². The van der Waals surface area contributed by atoms with Crippen LogP contribution in [-0.2, 0) is 9.47 Å². The van der Waals surface area contributed by atoms with Crippen molar-refractivity contribution in [3.8, 4) is 0 Å². The summed E-state index contributed by atoms with van der Waals surface area (Å²) in [6.07, 6.45) is 3.30. The molecule has 3 nitrogen and oxygen atoms in total. The molecule has 2 rings (SSSR count). The third-order valence-electron chi connectivity index (χ3n) is 5.28. The first-order valence-corrected chi connectivity index (χ1v) is 10.9. The van der Waals surface area contributed by atoms with Crippen molar-refractivity contribution in [1.82, 2.24) is 0 Å². The van der Waals surface area contributed by atoms with E-state index in [1.54, 1.807) is 24.5 Å². The average Bonchev–Trinajstić information content (AvgIpc) is 2.72. The molecule has 3 heteroatoms. The summed E-state index contributed by atoms with van der Waals surface area (Å²) in [6.45, 7) is 15.7. The van der Waals surface area contributed by atoms with E-state index in [2.05, 4.69) is 60.6 Å². The zero-order chi connectivity index (χ0) is 22.3. The molecule has 0 saturated heterocycles. The van der Waals surface area contributed by atoms with Gasteiger partial charge in [-0.3, -0.25) is 0 Å². The number of benzene rings is 2. The van der Waals surface area contributed by atoms with Gasteiger partial charge < -0.3 is 9.47 Å². The highest BCUT2D eigenvalue weighted by Crippen LogP contribution is 2.36. The Morgan fingerprint density at radius 3 is 1.93 bits per heavy atom. The molecule has 1 unspecified atom stereocenters. The van der Waals surface area contributed by atoms with Gasteiger partial charge in [0.25, 0.3) is 0 Å². The van der Waals surface area contributed by atoms with Gasteiger partial charge in [0.05, 0.1) is 11.8 Å². The highest BCUT2D eigenvalue weighted by atomic mass is 16.5. The van der Waals surface area contributed by atoms with E-state index in [4.69, 9.17) is 9.47 Å². The van der Waals surface area contributed by atoms with Crippen LogP contribution in [0.3, 0.4) is 0 Å². The first kappa shape index (κ1) is 23.7. The van der Waals surface area contributed by atoms with Crippen LogP contribution in [0.25, 0.3) is 0 Å². The molecule has 1 atom stereocenters. The van der Waals surface area contributed by atoms with Crippen molar-refractivity contribution in [1.29, 1.82) is 0 Å². The van der Waals surface area contributed by atoms with E-state index in [-0.39, 0.29) is 18.7 Å². The lowest BCUT2D eigenvalue weighted by atomic mass is 9.82. The van der Waals surface area contributed by atoms with Crippen LogP contribution >= 0.6 is 0 Å². The van der Waals surface area contributed by atoms with E-state index >= 15 is 0 Å². The number of rotatable bonds is 9. The normalized spacial score (nSPS) is 12.7. The van der Waals surface area contributed by atoms with Crippen LogP contribution in [0.4, 0.5) is 0 Å². The molecule has 0 radical (unpaired) electrons. The lowest BCUT2D eigenvalue weighted by Gasteiger charge is -2.26. The van der Waals surface area contributed by atoms with Crippen molar-refractivity contribution in [2.75, 3.05) is 6.61 Å². The van der Waals surface area contributed by atoms with Gasteiger partial charge in [0.15, 0.2) is 0 Å². The van der Waals surface area contributed by atoms with Crippen LogP contribution in [-0.4, -0.2) is 12.6 Å². The SMILES string of the molecule is CC(C)c1cc(C(C)C)c(C(C)O/C=C\COC(=O)c2ccccc2)c(C(C)C)c1. The molecule has 0 N–H and O–H groups in total. The quantitative estimate of drug-likeness (QED) is 0.318. The Labute approximate surface area is 182 Å². The van der Waals surface area contributed by atoms with Gasteiger partial charge in [-0.2, -0.15) is 0 Å². The summed E-state index contributed by atoms with van der Waals surface area (Å²) in [5.41, 5.74) is 5.90. The number of carbonyl (C=O) groups is 1. The van der Waals surface area contributed by atoms with Crippen molar-refractivity contribution >= 4 is 5.97 Å². The molecule has 0 saturated carbocycles. The Balaban J connectivity index is 2.11. The van der Waals surface area contributed by atoms with Crippen molar-refractivity contribution in [2.24, 2.45) is 0 Å². The van der Waals surface area contributed by atoms with E-state index in [9.17, 15) is 4.79 Å². The standard InChI is InChI=1S/C27H36O3/c1-18(2)23-16-24(19(3)4)26(25(17-23)20(5)6)21(7)29-14-11-15-30-27(28)22-12-9-8-10-13-22/h8-14,16-21H,15H2,1-7H3/b14-11-. The molecule has 30 heavy (non-hydrogen) atoms. The molecule has 2 aromatic carbocycles. The second kappa shape index (κ2) is 11.0. The maximum absolute atomic E-state index is 12.0. The van der Waals surface area contributed by atoms with Crippen LogP contribution in [0.15, 0.2) is 54.8 Å². The summed E-state index contributed by atoms with van der Waals surface area (Å²) in [7, 11) is 0. The minimum absolute atomic E-state index is 0.0814. The third kappa shape index (κ3) is 6.22. The van der Waals surface area contributed by atoms with Crippen LogP contribution in [0.5, 0.6) is 0 Å². The molecule has 0 spiro atoms.